The number of rotatable bonds is 5. The van der Waals surface area contributed by atoms with E-state index in [2.05, 4.69) is 10.6 Å². The van der Waals surface area contributed by atoms with Crippen LogP contribution in [0.1, 0.15) is 23.0 Å². The van der Waals surface area contributed by atoms with E-state index in [0.717, 1.165) is 23.1 Å². The molecule has 128 valence electrons. The van der Waals surface area contributed by atoms with Gasteiger partial charge in [0, 0.05) is 29.5 Å². The van der Waals surface area contributed by atoms with E-state index in [1.807, 2.05) is 18.2 Å². The molecular weight excluding hydrogens is 328 g/mol. The van der Waals surface area contributed by atoms with Gasteiger partial charge in [0.1, 0.15) is 4.88 Å². The number of carbonyl (C=O) groups excluding carboxylic acids is 2. The van der Waals surface area contributed by atoms with Crippen molar-refractivity contribution in [2.75, 3.05) is 31.7 Å². The first-order valence-corrected chi connectivity index (χ1v) is 8.80. The molecule has 1 atom stereocenters. The van der Waals surface area contributed by atoms with Crippen LogP contribution in [0.3, 0.4) is 0 Å². The van der Waals surface area contributed by atoms with E-state index in [1.165, 1.54) is 11.3 Å². The fourth-order valence-corrected chi connectivity index (χ4v) is 3.52. The van der Waals surface area contributed by atoms with Crippen molar-refractivity contribution >= 4 is 39.1 Å². The summed E-state index contributed by atoms with van der Waals surface area (Å²) in [6.07, 6.45) is 0.984. The molecule has 0 radical (unpaired) electrons. The molecule has 2 amide bonds. The molecule has 2 aromatic rings. The highest BCUT2D eigenvalue weighted by molar-refractivity contribution is 7.20. The Morgan fingerprint density at radius 2 is 2.25 bits per heavy atom. The minimum absolute atomic E-state index is 0.234. The molecule has 1 aliphatic rings. The van der Waals surface area contributed by atoms with Crippen LogP contribution in [0.15, 0.2) is 24.3 Å². The van der Waals surface area contributed by atoms with Crippen LogP contribution < -0.4 is 10.6 Å². The average Bonchev–Trinajstić information content (AvgIpc) is 3.22. The molecule has 1 fully saturated rings. The highest BCUT2D eigenvalue weighted by Crippen LogP contribution is 2.28. The largest absolute Gasteiger partial charge is 0.462 e. The first-order chi connectivity index (χ1) is 11.7. The van der Waals surface area contributed by atoms with Crippen LogP contribution in [0.25, 0.3) is 10.1 Å². The van der Waals surface area contributed by atoms with E-state index < -0.39 is 0 Å². The Balaban J connectivity index is 1.62. The number of anilines is 1. The van der Waals surface area contributed by atoms with Crippen LogP contribution in [0, 0.1) is 5.92 Å². The molecule has 6 nitrogen and oxygen atoms in total. The molecule has 0 spiro atoms. The summed E-state index contributed by atoms with van der Waals surface area (Å²) >= 11 is 1.38. The van der Waals surface area contributed by atoms with E-state index in [-0.39, 0.29) is 12.0 Å². The summed E-state index contributed by atoms with van der Waals surface area (Å²) in [6, 6.07) is 7.13. The van der Waals surface area contributed by atoms with E-state index in [0.29, 0.717) is 36.2 Å². The third-order valence-electron chi connectivity index (χ3n) is 3.83. The van der Waals surface area contributed by atoms with Crippen LogP contribution in [0.5, 0.6) is 0 Å². The van der Waals surface area contributed by atoms with Gasteiger partial charge < -0.3 is 20.1 Å². The van der Waals surface area contributed by atoms with Crippen LogP contribution in [-0.4, -0.2) is 38.4 Å². The lowest BCUT2D eigenvalue weighted by molar-refractivity contribution is 0.0532. The van der Waals surface area contributed by atoms with Gasteiger partial charge >= 0.3 is 12.0 Å². The van der Waals surface area contributed by atoms with Crippen LogP contribution >= 0.6 is 11.3 Å². The third kappa shape index (κ3) is 4.04. The number of carbonyl (C=O) groups is 2. The maximum Gasteiger partial charge on any atom is 0.348 e. The fraction of sp³-hybridized carbons (Fsp3) is 0.412. The molecule has 0 saturated carbocycles. The topological polar surface area (TPSA) is 76.7 Å². The van der Waals surface area contributed by atoms with Crippen molar-refractivity contribution in [3.05, 3.63) is 29.1 Å². The number of nitrogens with one attached hydrogen (secondary N) is 2. The summed E-state index contributed by atoms with van der Waals surface area (Å²) in [5.74, 6) is 0.0759. The molecule has 1 aromatic carbocycles. The lowest BCUT2D eigenvalue weighted by atomic mass is 10.1. The molecule has 1 aliphatic heterocycles. The van der Waals surface area contributed by atoms with Gasteiger partial charge in [-0.1, -0.05) is 0 Å². The fourth-order valence-electron chi connectivity index (χ4n) is 2.58. The van der Waals surface area contributed by atoms with Gasteiger partial charge in [-0.15, -0.1) is 11.3 Å². The normalized spacial score (nSPS) is 17.0. The number of ether oxygens (including phenoxy) is 2. The van der Waals surface area contributed by atoms with E-state index in [9.17, 15) is 9.59 Å². The average molecular weight is 348 g/mol. The monoisotopic (exact) mass is 348 g/mol. The molecule has 0 bridgehead atoms. The highest BCUT2D eigenvalue weighted by Gasteiger charge is 2.16. The number of thiophene rings is 1. The Hall–Kier alpha value is -2.12. The van der Waals surface area contributed by atoms with E-state index in [4.69, 9.17) is 9.47 Å². The maximum atomic E-state index is 12.0. The molecule has 0 aliphatic carbocycles. The van der Waals surface area contributed by atoms with Gasteiger partial charge in [-0.3, -0.25) is 0 Å². The molecule has 7 heteroatoms. The lowest BCUT2D eigenvalue weighted by Gasteiger charge is -2.10. The zero-order valence-corrected chi connectivity index (χ0v) is 14.3. The van der Waals surface area contributed by atoms with Gasteiger partial charge in [0.25, 0.3) is 0 Å². The lowest BCUT2D eigenvalue weighted by Crippen LogP contribution is -2.33. The Kier molecular flexibility index (Phi) is 5.32. The molecule has 1 aromatic heterocycles. The van der Waals surface area contributed by atoms with Crippen LogP contribution in [0.2, 0.25) is 0 Å². The smallest absolute Gasteiger partial charge is 0.348 e. The van der Waals surface area contributed by atoms with Crippen molar-refractivity contribution in [3.63, 3.8) is 0 Å². The molecule has 2 N–H and O–H groups in total. The number of fused-ring (bicyclic) bond motifs is 1. The second kappa shape index (κ2) is 7.63. The van der Waals surface area contributed by atoms with Gasteiger partial charge in [0.05, 0.1) is 13.2 Å². The van der Waals surface area contributed by atoms with Crippen molar-refractivity contribution in [2.45, 2.75) is 13.3 Å². The number of hydrogen-bond donors (Lipinski definition) is 2. The standard InChI is InChI=1S/C17H20N2O4S/c1-2-23-16(20)15-8-12-7-13(3-4-14(12)24-15)19-17(21)18-9-11-5-6-22-10-11/h3-4,7-8,11H,2,5-6,9-10H2,1H3,(H2,18,19,21)/t11-/m0/s1. The van der Waals surface area contributed by atoms with Crippen LogP contribution in [0.4, 0.5) is 10.5 Å². The number of urea groups is 1. The molecule has 24 heavy (non-hydrogen) atoms. The van der Waals surface area contributed by atoms with E-state index in [1.54, 1.807) is 13.0 Å². The summed E-state index contributed by atoms with van der Waals surface area (Å²) in [4.78, 5) is 24.3. The number of amides is 2. The SMILES string of the molecule is CCOC(=O)c1cc2cc(NC(=O)NC[C@@H]3CCOC3)ccc2s1. The van der Waals surface area contributed by atoms with Crippen molar-refractivity contribution in [1.82, 2.24) is 5.32 Å². The summed E-state index contributed by atoms with van der Waals surface area (Å²) in [5, 5.41) is 6.59. The predicted molar refractivity (Wildman–Crippen MR) is 93.7 cm³/mol. The van der Waals surface area contributed by atoms with Gasteiger partial charge in [0.15, 0.2) is 0 Å². The molecular formula is C17H20N2O4S. The zero-order chi connectivity index (χ0) is 16.9. The Morgan fingerprint density at radius 1 is 1.38 bits per heavy atom. The Morgan fingerprint density at radius 3 is 3.00 bits per heavy atom. The molecule has 1 saturated heterocycles. The summed E-state index contributed by atoms with van der Waals surface area (Å²) in [5.41, 5.74) is 0.691. The third-order valence-corrected chi connectivity index (χ3v) is 4.92. The van der Waals surface area contributed by atoms with Crippen molar-refractivity contribution in [2.24, 2.45) is 5.92 Å². The van der Waals surface area contributed by atoms with Crippen molar-refractivity contribution in [1.29, 1.82) is 0 Å². The summed E-state index contributed by atoms with van der Waals surface area (Å²) < 4.78 is 11.3. The van der Waals surface area contributed by atoms with E-state index >= 15 is 0 Å². The number of benzene rings is 1. The minimum Gasteiger partial charge on any atom is -0.462 e. The van der Waals surface area contributed by atoms with Crippen molar-refractivity contribution < 1.29 is 19.1 Å². The zero-order valence-electron chi connectivity index (χ0n) is 13.5. The molecule has 3 rings (SSSR count). The summed E-state index contributed by atoms with van der Waals surface area (Å²) in [7, 11) is 0. The minimum atomic E-state index is -0.315. The Labute approximate surface area is 144 Å². The molecule has 0 unspecified atom stereocenters. The molecule has 2 heterocycles. The summed E-state index contributed by atoms with van der Waals surface area (Å²) in [6.45, 7) is 4.22. The van der Waals surface area contributed by atoms with Gasteiger partial charge in [-0.25, -0.2) is 9.59 Å². The second-order valence-electron chi connectivity index (χ2n) is 5.65. The van der Waals surface area contributed by atoms with Gasteiger partial charge in [-0.2, -0.15) is 0 Å². The second-order valence-corrected chi connectivity index (χ2v) is 6.73. The Bertz CT molecular complexity index is 737. The number of esters is 1. The van der Waals surface area contributed by atoms with Crippen molar-refractivity contribution in [3.8, 4) is 0 Å². The highest BCUT2D eigenvalue weighted by atomic mass is 32.1. The first kappa shape index (κ1) is 16.7. The van der Waals surface area contributed by atoms with Gasteiger partial charge in [-0.05, 0) is 43.0 Å². The maximum absolute atomic E-state index is 12.0. The number of hydrogen-bond acceptors (Lipinski definition) is 5. The van der Waals surface area contributed by atoms with Gasteiger partial charge in [0.2, 0.25) is 0 Å². The first-order valence-electron chi connectivity index (χ1n) is 7.99. The quantitative estimate of drug-likeness (QED) is 0.813. The van der Waals surface area contributed by atoms with Crippen LogP contribution in [-0.2, 0) is 9.47 Å². The predicted octanol–water partition coefficient (Wildman–Crippen LogP) is 3.24.